The summed E-state index contributed by atoms with van der Waals surface area (Å²) in [5, 5.41) is 13.4. The second-order valence-corrected chi connectivity index (χ2v) is 12.0. The number of nitrogens with zero attached hydrogens (tertiary/aromatic N) is 8. The van der Waals surface area contributed by atoms with Crippen molar-refractivity contribution in [2.75, 3.05) is 24.9 Å². The Hall–Kier alpha value is -6.55. The van der Waals surface area contributed by atoms with Gasteiger partial charge in [0.1, 0.15) is 24.3 Å². The summed E-state index contributed by atoms with van der Waals surface area (Å²) in [7, 11) is 2.30. The van der Waals surface area contributed by atoms with E-state index in [1.807, 2.05) is 13.8 Å². The predicted octanol–water partition coefficient (Wildman–Crippen LogP) is 7.46. The molecular formula is C36H35F9N10O4. The molecule has 2 atom stereocenters. The van der Waals surface area contributed by atoms with Crippen LogP contribution in [0.3, 0.4) is 0 Å². The second kappa shape index (κ2) is 18.8. The van der Waals surface area contributed by atoms with Gasteiger partial charge >= 0.3 is 30.5 Å². The van der Waals surface area contributed by atoms with E-state index < -0.39 is 61.1 Å². The van der Waals surface area contributed by atoms with Crippen LogP contribution in [0, 0.1) is 6.92 Å². The SMILES string of the molecule is CC.COC(=O)C(Nc1cc(C(F)(F)F)nc2ncnn12)c1ccc(CC(F)(F)F)cc1.COC(=O)C(Nc1cc(C)nc2ncnn12)c1ccc(CC(F)(F)F)cc1. The maximum absolute atomic E-state index is 13.1. The fourth-order valence-electron chi connectivity index (χ4n) is 5.30. The molecule has 0 spiro atoms. The summed E-state index contributed by atoms with van der Waals surface area (Å²) in [6.07, 6.45) is -13.4. The summed E-state index contributed by atoms with van der Waals surface area (Å²) >= 11 is 0. The predicted molar refractivity (Wildman–Crippen MR) is 192 cm³/mol. The molecule has 0 saturated heterocycles. The molecule has 14 nitrogen and oxygen atoms in total. The highest BCUT2D eigenvalue weighted by Gasteiger charge is 2.35. The monoisotopic (exact) mass is 842 g/mol. The first-order valence-electron chi connectivity index (χ1n) is 17.2. The number of ether oxygens (including phenoxy) is 2. The van der Waals surface area contributed by atoms with E-state index in [1.54, 1.807) is 13.0 Å². The molecule has 0 fully saturated rings. The van der Waals surface area contributed by atoms with Crippen LogP contribution in [-0.4, -0.2) is 77.7 Å². The molecule has 0 aliphatic carbocycles. The first-order chi connectivity index (χ1) is 27.7. The number of anilines is 2. The van der Waals surface area contributed by atoms with Crippen LogP contribution in [0.25, 0.3) is 11.6 Å². The number of alkyl halides is 9. The highest BCUT2D eigenvalue weighted by atomic mass is 19.4. The number of aryl methyl sites for hydroxylation is 1. The minimum absolute atomic E-state index is 0.0446. The molecule has 59 heavy (non-hydrogen) atoms. The minimum atomic E-state index is -4.79. The van der Waals surface area contributed by atoms with Gasteiger partial charge < -0.3 is 20.1 Å². The number of esters is 2. The fraction of sp³-hybridized carbons (Fsp3) is 0.333. The van der Waals surface area contributed by atoms with Crippen LogP contribution < -0.4 is 10.6 Å². The highest BCUT2D eigenvalue weighted by Crippen LogP contribution is 2.32. The van der Waals surface area contributed by atoms with Gasteiger partial charge in [-0.2, -0.15) is 68.7 Å². The molecule has 23 heteroatoms. The van der Waals surface area contributed by atoms with E-state index in [-0.39, 0.29) is 28.3 Å². The third-order valence-corrected chi connectivity index (χ3v) is 7.82. The third-order valence-electron chi connectivity index (χ3n) is 7.82. The summed E-state index contributed by atoms with van der Waals surface area (Å²) in [6.45, 7) is 5.76. The molecule has 2 N–H and O–H groups in total. The molecule has 4 heterocycles. The van der Waals surface area contributed by atoms with Crippen molar-refractivity contribution >= 4 is 35.1 Å². The van der Waals surface area contributed by atoms with Crippen molar-refractivity contribution in [1.82, 2.24) is 39.2 Å². The number of hydrogen-bond acceptors (Lipinski definition) is 12. The van der Waals surface area contributed by atoms with Gasteiger partial charge in [0.05, 0.1) is 27.1 Å². The largest absolute Gasteiger partial charge is 0.467 e. The Morgan fingerprint density at radius 1 is 0.644 bits per heavy atom. The Morgan fingerprint density at radius 2 is 1.03 bits per heavy atom. The van der Waals surface area contributed by atoms with Crippen molar-refractivity contribution < 1.29 is 58.6 Å². The molecular weight excluding hydrogens is 807 g/mol. The van der Waals surface area contributed by atoms with Gasteiger partial charge in [-0.05, 0) is 29.2 Å². The molecule has 316 valence electrons. The Kier molecular flexibility index (Phi) is 14.4. The van der Waals surface area contributed by atoms with Gasteiger partial charge in [-0.3, -0.25) is 0 Å². The van der Waals surface area contributed by atoms with Gasteiger partial charge in [0, 0.05) is 17.8 Å². The summed E-state index contributed by atoms with van der Waals surface area (Å²) in [6, 6.07) is 10.5. The van der Waals surface area contributed by atoms with Crippen molar-refractivity contribution in [3.8, 4) is 0 Å². The van der Waals surface area contributed by atoms with E-state index in [0.29, 0.717) is 28.9 Å². The maximum Gasteiger partial charge on any atom is 0.433 e. The number of aromatic nitrogens is 8. The van der Waals surface area contributed by atoms with Gasteiger partial charge in [-0.25, -0.2) is 19.6 Å². The van der Waals surface area contributed by atoms with Crippen molar-refractivity contribution in [2.24, 2.45) is 0 Å². The van der Waals surface area contributed by atoms with Crippen LogP contribution in [0.2, 0.25) is 0 Å². The zero-order valence-corrected chi connectivity index (χ0v) is 31.6. The first-order valence-corrected chi connectivity index (χ1v) is 17.2. The van der Waals surface area contributed by atoms with Crippen molar-refractivity contribution in [3.63, 3.8) is 0 Å². The number of hydrogen-bond donors (Lipinski definition) is 2. The number of methoxy groups -OCH3 is 2. The zero-order chi connectivity index (χ0) is 43.7. The van der Waals surface area contributed by atoms with Gasteiger partial charge in [-0.15, -0.1) is 0 Å². The summed E-state index contributed by atoms with van der Waals surface area (Å²) < 4.78 is 126. The number of nitrogens with one attached hydrogen (secondary N) is 2. The zero-order valence-electron chi connectivity index (χ0n) is 31.6. The number of carbonyl (C=O) groups excluding carboxylic acids is 2. The quantitative estimate of drug-likeness (QED) is 0.104. The topological polar surface area (TPSA) is 163 Å². The molecule has 2 aromatic carbocycles. The smallest absolute Gasteiger partial charge is 0.433 e. The van der Waals surface area contributed by atoms with Gasteiger partial charge in [-0.1, -0.05) is 62.4 Å². The van der Waals surface area contributed by atoms with Crippen LogP contribution in [0.4, 0.5) is 51.1 Å². The lowest BCUT2D eigenvalue weighted by Gasteiger charge is -2.19. The molecule has 6 aromatic rings. The lowest BCUT2D eigenvalue weighted by Crippen LogP contribution is -2.24. The third kappa shape index (κ3) is 12.2. The van der Waals surface area contributed by atoms with E-state index in [0.717, 1.165) is 18.0 Å². The Morgan fingerprint density at radius 3 is 1.41 bits per heavy atom. The first kappa shape index (κ1) is 45.2. The van der Waals surface area contributed by atoms with E-state index in [2.05, 4.69) is 45.5 Å². The molecule has 2 unspecified atom stereocenters. The van der Waals surface area contributed by atoms with E-state index >= 15 is 0 Å². The van der Waals surface area contributed by atoms with Crippen LogP contribution >= 0.6 is 0 Å². The van der Waals surface area contributed by atoms with E-state index in [4.69, 9.17) is 4.74 Å². The van der Waals surface area contributed by atoms with Crippen LogP contribution in [0.15, 0.2) is 73.3 Å². The molecule has 6 rings (SSSR count). The average molecular weight is 843 g/mol. The average Bonchev–Trinajstić information content (AvgIpc) is 3.86. The Labute approximate surface area is 328 Å². The number of benzene rings is 2. The normalized spacial score (nSPS) is 12.7. The minimum Gasteiger partial charge on any atom is -0.467 e. The lowest BCUT2D eigenvalue weighted by atomic mass is 10.0. The maximum atomic E-state index is 13.1. The lowest BCUT2D eigenvalue weighted by molar-refractivity contribution is -0.142. The molecule has 0 aliphatic heterocycles. The molecule has 0 bridgehead atoms. The van der Waals surface area contributed by atoms with Crippen molar-refractivity contribution in [2.45, 2.75) is 64.2 Å². The van der Waals surface area contributed by atoms with Crippen LogP contribution in [0.1, 0.15) is 59.6 Å². The Bertz CT molecular complexity index is 2330. The van der Waals surface area contributed by atoms with Crippen LogP contribution in [-0.2, 0) is 38.1 Å². The number of fused-ring (bicyclic) bond motifs is 2. The van der Waals surface area contributed by atoms with Gasteiger partial charge in [0.2, 0.25) is 0 Å². The molecule has 0 saturated carbocycles. The molecule has 0 radical (unpaired) electrons. The van der Waals surface area contributed by atoms with E-state index in [9.17, 15) is 49.1 Å². The summed E-state index contributed by atoms with van der Waals surface area (Å²) in [5.74, 6) is -1.30. The van der Waals surface area contributed by atoms with Crippen molar-refractivity contribution in [3.05, 3.63) is 107 Å². The molecule has 4 aromatic heterocycles. The second-order valence-electron chi connectivity index (χ2n) is 12.0. The highest BCUT2D eigenvalue weighted by molar-refractivity contribution is 5.81. The summed E-state index contributed by atoms with van der Waals surface area (Å²) in [4.78, 5) is 39.7. The van der Waals surface area contributed by atoms with Crippen molar-refractivity contribution in [1.29, 1.82) is 0 Å². The fourth-order valence-corrected chi connectivity index (χ4v) is 5.30. The van der Waals surface area contributed by atoms with Gasteiger partial charge in [0.15, 0.2) is 17.8 Å². The Balaban J connectivity index is 0.000000251. The molecule has 0 amide bonds. The molecule has 0 aliphatic rings. The number of rotatable bonds is 10. The van der Waals surface area contributed by atoms with E-state index in [1.165, 1.54) is 66.5 Å². The number of halogens is 9. The van der Waals surface area contributed by atoms with Gasteiger partial charge in [0.25, 0.3) is 11.6 Å². The summed E-state index contributed by atoms with van der Waals surface area (Å²) in [5.41, 5.74) is 0.0730. The standard InChI is InChI=1S/C17H13F6N5O2.C17H16F3N5O2.C2H6/c1-30-14(29)13(10-4-2-9(3-5-10)7-16(18,19)20)27-12-6-11(17(21,22)23)26-15-24-8-25-28(12)15;1-10-7-13(25-16(23-10)21-9-22-25)24-14(15(26)27-2)12-5-3-11(4-6-12)8-17(18,19)20;1-2/h2-6,8,13,27H,7H2,1H3;3-7,9,14,24H,8H2,1-2H3;1-2H3. The van der Waals surface area contributed by atoms with Crippen LogP contribution in [0.5, 0.6) is 0 Å². The number of carbonyl (C=O) groups is 2.